The highest BCUT2D eigenvalue weighted by molar-refractivity contribution is 5.93. The fourth-order valence-corrected chi connectivity index (χ4v) is 2.15. The van der Waals surface area contributed by atoms with Crippen LogP contribution in [-0.2, 0) is 6.18 Å². The number of nitrogens with zero attached hydrogens (tertiary/aromatic N) is 3. The van der Waals surface area contributed by atoms with Gasteiger partial charge >= 0.3 is 6.18 Å². The van der Waals surface area contributed by atoms with Crippen molar-refractivity contribution in [2.24, 2.45) is 0 Å². The third-order valence-electron chi connectivity index (χ3n) is 3.16. The molecule has 3 rings (SSSR count). The average molecular weight is 305 g/mol. The molecule has 0 aliphatic rings. The minimum absolute atomic E-state index is 0.000443. The van der Waals surface area contributed by atoms with Gasteiger partial charge in [0.2, 0.25) is 0 Å². The van der Waals surface area contributed by atoms with Gasteiger partial charge in [-0.25, -0.2) is 0 Å². The molecule has 7 heteroatoms. The summed E-state index contributed by atoms with van der Waals surface area (Å²) in [5.41, 5.74) is 0.314. The number of hydrogen-bond donors (Lipinski definition) is 0. The summed E-state index contributed by atoms with van der Waals surface area (Å²) < 4.78 is 43.2. The van der Waals surface area contributed by atoms with Crippen LogP contribution < -0.4 is 4.74 Å². The quantitative estimate of drug-likeness (QED) is 0.724. The minimum atomic E-state index is -4.57. The van der Waals surface area contributed by atoms with E-state index in [1.807, 2.05) is 12.1 Å². The monoisotopic (exact) mass is 305 g/mol. The minimum Gasteiger partial charge on any atom is -0.494 e. The van der Waals surface area contributed by atoms with Crippen molar-refractivity contribution in [2.75, 3.05) is 7.11 Å². The lowest BCUT2D eigenvalue weighted by Crippen LogP contribution is -2.10. The number of para-hydroxylation sites is 1. The van der Waals surface area contributed by atoms with Crippen LogP contribution in [0.25, 0.3) is 22.2 Å². The standard InChI is InChI=1S/C15H10F3N3O/c1-22-11-8-12(15(16,17)18)20-21-14(11)10-6-2-4-9-5-3-7-19-13(9)10/h2-8H,1H3. The van der Waals surface area contributed by atoms with Crippen molar-refractivity contribution in [3.63, 3.8) is 0 Å². The molecule has 22 heavy (non-hydrogen) atoms. The van der Waals surface area contributed by atoms with Crippen LogP contribution >= 0.6 is 0 Å². The molecule has 2 aromatic heterocycles. The molecule has 0 atom stereocenters. The molecule has 0 aliphatic carbocycles. The number of ether oxygens (including phenoxy) is 1. The van der Waals surface area contributed by atoms with E-state index in [1.165, 1.54) is 7.11 Å². The van der Waals surface area contributed by atoms with Gasteiger partial charge in [-0.05, 0) is 6.07 Å². The van der Waals surface area contributed by atoms with E-state index in [2.05, 4.69) is 15.2 Å². The SMILES string of the molecule is COc1cc(C(F)(F)F)nnc1-c1cccc2cccnc12. The zero-order valence-corrected chi connectivity index (χ0v) is 11.4. The predicted molar refractivity (Wildman–Crippen MR) is 74.3 cm³/mol. The maximum atomic E-state index is 12.7. The smallest absolute Gasteiger partial charge is 0.435 e. The van der Waals surface area contributed by atoms with Crippen molar-refractivity contribution in [3.8, 4) is 17.0 Å². The molecule has 0 amide bonds. The van der Waals surface area contributed by atoms with Gasteiger partial charge in [-0.15, -0.1) is 10.2 Å². The number of alkyl halides is 3. The Morgan fingerprint density at radius 1 is 1.05 bits per heavy atom. The van der Waals surface area contributed by atoms with Crippen molar-refractivity contribution in [1.82, 2.24) is 15.2 Å². The van der Waals surface area contributed by atoms with Crippen LogP contribution in [-0.4, -0.2) is 22.3 Å². The second-order valence-electron chi connectivity index (χ2n) is 4.53. The highest BCUT2D eigenvalue weighted by Crippen LogP contribution is 2.35. The van der Waals surface area contributed by atoms with E-state index in [0.29, 0.717) is 11.1 Å². The van der Waals surface area contributed by atoms with Gasteiger partial charge in [-0.3, -0.25) is 4.98 Å². The van der Waals surface area contributed by atoms with Gasteiger partial charge < -0.3 is 4.74 Å². The van der Waals surface area contributed by atoms with Crippen LogP contribution in [0.15, 0.2) is 42.6 Å². The summed E-state index contributed by atoms with van der Waals surface area (Å²) in [7, 11) is 1.29. The van der Waals surface area contributed by atoms with Gasteiger partial charge in [0.05, 0.1) is 12.6 Å². The Morgan fingerprint density at radius 3 is 2.55 bits per heavy atom. The maximum Gasteiger partial charge on any atom is 0.435 e. The molecule has 112 valence electrons. The maximum absolute atomic E-state index is 12.7. The Labute approximate surface area is 123 Å². The fraction of sp³-hybridized carbons (Fsp3) is 0.133. The van der Waals surface area contributed by atoms with E-state index in [1.54, 1.807) is 24.4 Å². The van der Waals surface area contributed by atoms with E-state index >= 15 is 0 Å². The number of aromatic nitrogens is 3. The fourth-order valence-electron chi connectivity index (χ4n) is 2.15. The molecule has 0 aliphatic heterocycles. The predicted octanol–water partition coefficient (Wildman–Crippen LogP) is 3.72. The van der Waals surface area contributed by atoms with E-state index in [4.69, 9.17) is 4.74 Å². The third kappa shape index (κ3) is 2.45. The first kappa shape index (κ1) is 14.2. The molecule has 0 fully saturated rings. The summed E-state index contributed by atoms with van der Waals surface area (Å²) in [5.74, 6) is 0.000443. The van der Waals surface area contributed by atoms with Crippen LogP contribution in [0.3, 0.4) is 0 Å². The van der Waals surface area contributed by atoms with Gasteiger partial charge in [0, 0.05) is 23.2 Å². The zero-order chi connectivity index (χ0) is 15.7. The van der Waals surface area contributed by atoms with Crippen LogP contribution in [0, 0.1) is 0 Å². The third-order valence-corrected chi connectivity index (χ3v) is 3.16. The Hall–Kier alpha value is -2.70. The van der Waals surface area contributed by atoms with E-state index in [9.17, 15) is 13.2 Å². The van der Waals surface area contributed by atoms with Crippen molar-refractivity contribution in [2.45, 2.75) is 6.18 Å². The Bertz CT molecular complexity index is 828. The second-order valence-corrected chi connectivity index (χ2v) is 4.53. The molecular weight excluding hydrogens is 295 g/mol. The lowest BCUT2D eigenvalue weighted by molar-refractivity contribution is -0.141. The van der Waals surface area contributed by atoms with Crippen molar-refractivity contribution < 1.29 is 17.9 Å². The first-order valence-electron chi connectivity index (χ1n) is 6.34. The molecule has 4 nitrogen and oxygen atoms in total. The number of rotatable bonds is 2. The molecule has 0 radical (unpaired) electrons. The summed E-state index contributed by atoms with van der Waals surface area (Å²) in [6.45, 7) is 0. The van der Waals surface area contributed by atoms with Crippen molar-refractivity contribution >= 4 is 10.9 Å². The highest BCUT2D eigenvalue weighted by atomic mass is 19.4. The number of methoxy groups -OCH3 is 1. The Kier molecular flexibility index (Phi) is 3.40. The zero-order valence-electron chi connectivity index (χ0n) is 11.4. The summed E-state index contributed by atoms with van der Waals surface area (Å²) in [6.07, 6.45) is -2.97. The first-order chi connectivity index (χ1) is 10.5. The molecular formula is C15H10F3N3O. The van der Waals surface area contributed by atoms with Crippen molar-refractivity contribution in [3.05, 3.63) is 48.3 Å². The van der Waals surface area contributed by atoms with Crippen LogP contribution in [0.2, 0.25) is 0 Å². The van der Waals surface area contributed by atoms with E-state index in [-0.39, 0.29) is 11.4 Å². The molecule has 0 N–H and O–H groups in total. The van der Waals surface area contributed by atoms with Gasteiger partial charge in [0.15, 0.2) is 5.69 Å². The normalized spacial score (nSPS) is 11.6. The first-order valence-corrected chi connectivity index (χ1v) is 6.34. The lowest BCUT2D eigenvalue weighted by Gasteiger charge is -2.11. The van der Waals surface area contributed by atoms with Crippen LogP contribution in [0.1, 0.15) is 5.69 Å². The van der Waals surface area contributed by atoms with Crippen LogP contribution in [0.4, 0.5) is 13.2 Å². The Morgan fingerprint density at radius 2 is 1.82 bits per heavy atom. The molecule has 0 unspecified atom stereocenters. The van der Waals surface area contributed by atoms with Crippen molar-refractivity contribution in [1.29, 1.82) is 0 Å². The number of benzene rings is 1. The van der Waals surface area contributed by atoms with Gasteiger partial charge in [0.25, 0.3) is 0 Å². The van der Waals surface area contributed by atoms with Gasteiger partial charge in [0.1, 0.15) is 11.4 Å². The molecule has 1 aromatic carbocycles. The van der Waals surface area contributed by atoms with Gasteiger partial charge in [-0.2, -0.15) is 13.2 Å². The average Bonchev–Trinajstić information content (AvgIpc) is 2.53. The summed E-state index contributed by atoms with van der Waals surface area (Å²) in [6, 6.07) is 9.82. The number of pyridine rings is 1. The van der Waals surface area contributed by atoms with E-state index < -0.39 is 11.9 Å². The summed E-state index contributed by atoms with van der Waals surface area (Å²) >= 11 is 0. The van der Waals surface area contributed by atoms with Crippen LogP contribution in [0.5, 0.6) is 5.75 Å². The summed E-state index contributed by atoms with van der Waals surface area (Å²) in [4.78, 5) is 4.26. The van der Waals surface area contributed by atoms with Gasteiger partial charge in [-0.1, -0.05) is 24.3 Å². The Balaban J connectivity index is 2.23. The number of hydrogen-bond acceptors (Lipinski definition) is 4. The second kappa shape index (κ2) is 5.25. The topological polar surface area (TPSA) is 47.9 Å². The molecule has 2 heterocycles. The highest BCUT2D eigenvalue weighted by Gasteiger charge is 2.34. The molecule has 0 spiro atoms. The molecule has 0 bridgehead atoms. The largest absolute Gasteiger partial charge is 0.494 e. The van der Waals surface area contributed by atoms with E-state index in [0.717, 1.165) is 11.5 Å². The number of fused-ring (bicyclic) bond motifs is 1. The molecule has 0 saturated heterocycles. The molecule has 0 saturated carbocycles. The number of halogens is 3. The molecule has 3 aromatic rings. The summed E-state index contributed by atoms with van der Waals surface area (Å²) in [5, 5.41) is 7.81. The lowest BCUT2D eigenvalue weighted by atomic mass is 10.1.